The van der Waals surface area contributed by atoms with Gasteiger partial charge < -0.3 is 15.0 Å². The lowest BCUT2D eigenvalue weighted by atomic mass is 10.1. The number of carbonyl (C=O) groups excluding carboxylic acids is 1. The molecule has 0 unspecified atom stereocenters. The molecule has 4 nitrogen and oxygen atoms in total. The molecule has 0 radical (unpaired) electrons. The van der Waals surface area contributed by atoms with Crippen molar-refractivity contribution in [1.29, 1.82) is 0 Å². The van der Waals surface area contributed by atoms with E-state index in [1.54, 1.807) is 12.2 Å². The summed E-state index contributed by atoms with van der Waals surface area (Å²) in [6, 6.07) is 17.5. The Labute approximate surface area is 159 Å². The summed E-state index contributed by atoms with van der Waals surface area (Å²) in [5.41, 5.74) is 1.95. The van der Waals surface area contributed by atoms with Crippen molar-refractivity contribution in [3.8, 4) is 0 Å². The first kappa shape index (κ1) is 18.6. The molecule has 3 rings (SSSR count). The second-order valence-corrected chi connectivity index (χ2v) is 6.80. The van der Waals surface area contributed by atoms with E-state index in [-0.39, 0.29) is 11.9 Å². The van der Waals surface area contributed by atoms with Crippen molar-refractivity contribution in [2.24, 2.45) is 0 Å². The number of halogens is 1. The molecular weight excluding hydrogens is 348 g/mol. The average molecular weight is 372 g/mol. The first-order chi connectivity index (χ1) is 12.7. The molecule has 1 saturated heterocycles. The normalized spacial score (nSPS) is 16.5. The van der Waals surface area contributed by atoms with E-state index in [4.69, 9.17) is 16.3 Å². The van der Waals surface area contributed by atoms with Gasteiger partial charge in [-0.25, -0.2) is 0 Å². The topological polar surface area (TPSA) is 42.8 Å². The molecule has 0 aromatic heterocycles. The Morgan fingerprint density at radius 2 is 1.81 bits per heavy atom. The Hall–Kier alpha value is -2.14. The Balaban J connectivity index is 1.68. The quantitative estimate of drug-likeness (QED) is 0.764. The summed E-state index contributed by atoms with van der Waals surface area (Å²) < 4.78 is 5.43. The van der Waals surface area contributed by atoms with Gasteiger partial charge in [-0.1, -0.05) is 60.1 Å². The minimum atomic E-state index is -0.119. The second-order valence-electron chi connectivity index (χ2n) is 6.39. The molecule has 1 aliphatic heterocycles. The Bertz CT molecular complexity index is 743. The van der Waals surface area contributed by atoms with Crippen molar-refractivity contribution >= 4 is 23.6 Å². The van der Waals surface area contributed by atoms with Gasteiger partial charge in [0.05, 0.1) is 13.2 Å². The third-order valence-electron chi connectivity index (χ3n) is 4.53. The minimum absolute atomic E-state index is 0.0345. The third-order valence-corrected chi connectivity index (χ3v) is 4.87. The van der Waals surface area contributed by atoms with E-state index in [1.807, 2.05) is 42.5 Å². The van der Waals surface area contributed by atoms with Crippen LogP contribution in [0, 0.1) is 0 Å². The van der Waals surface area contributed by atoms with Gasteiger partial charge >= 0.3 is 0 Å². The molecule has 0 aliphatic carbocycles. The first-order valence-electron chi connectivity index (χ1n) is 8.92. The van der Waals surface area contributed by atoms with Gasteiger partial charge in [-0.05, 0) is 23.3 Å². The largest absolute Gasteiger partial charge is 0.370 e. The van der Waals surface area contributed by atoms with Gasteiger partial charge in [-0.3, -0.25) is 4.79 Å². The number of amides is 1. The average Bonchev–Trinajstić information content (AvgIpc) is 2.68. The van der Waals surface area contributed by atoms with Gasteiger partial charge in [0.2, 0.25) is 5.91 Å². The molecule has 5 heteroatoms. The highest BCUT2D eigenvalue weighted by Crippen LogP contribution is 2.16. The maximum Gasteiger partial charge on any atom is 0.244 e. The van der Waals surface area contributed by atoms with E-state index < -0.39 is 0 Å². The Morgan fingerprint density at radius 3 is 2.54 bits per heavy atom. The van der Waals surface area contributed by atoms with Gasteiger partial charge in [0, 0.05) is 11.1 Å². The molecule has 1 atom stereocenters. The number of nitrogens with one attached hydrogen (secondary N) is 2. The number of hydrogen-bond donors (Lipinski definition) is 2. The van der Waals surface area contributed by atoms with Crippen LogP contribution in [0.4, 0.5) is 0 Å². The van der Waals surface area contributed by atoms with E-state index in [2.05, 4.69) is 17.4 Å². The predicted molar refractivity (Wildman–Crippen MR) is 104 cm³/mol. The maximum absolute atomic E-state index is 12.5. The van der Waals surface area contributed by atoms with Crippen LogP contribution in [0.25, 0.3) is 6.08 Å². The number of benzene rings is 2. The standard InChI is InChI=1S/C21H23ClN2O2/c22-19-9-5-4-6-17(19)10-11-21(25)23-20(18-7-2-1-3-8-18)16-24-12-14-26-15-13-24/h1-11,20H,12-16H2,(H,23,25)/p+1/b11-10+/t20-/m1/s1. The fraction of sp³-hybridized carbons (Fsp3) is 0.286. The fourth-order valence-corrected chi connectivity index (χ4v) is 3.28. The molecule has 1 fully saturated rings. The Kier molecular flexibility index (Phi) is 6.83. The number of morpholine rings is 1. The van der Waals surface area contributed by atoms with E-state index >= 15 is 0 Å². The fourth-order valence-electron chi connectivity index (χ4n) is 3.09. The monoisotopic (exact) mass is 371 g/mol. The van der Waals surface area contributed by atoms with Crippen LogP contribution in [0.1, 0.15) is 17.2 Å². The zero-order valence-corrected chi connectivity index (χ0v) is 15.4. The van der Waals surface area contributed by atoms with Crippen molar-refractivity contribution < 1.29 is 14.4 Å². The SMILES string of the molecule is O=C(/C=C/c1ccccc1Cl)N[C@H](C[NH+]1CCOCC1)c1ccccc1. The van der Waals surface area contributed by atoms with Crippen molar-refractivity contribution in [3.63, 3.8) is 0 Å². The minimum Gasteiger partial charge on any atom is -0.370 e. The van der Waals surface area contributed by atoms with E-state index in [9.17, 15) is 4.79 Å². The summed E-state index contributed by atoms with van der Waals surface area (Å²) in [7, 11) is 0. The molecule has 1 aliphatic rings. The number of ether oxygens (including phenoxy) is 1. The van der Waals surface area contributed by atoms with Crippen LogP contribution in [0.15, 0.2) is 60.7 Å². The van der Waals surface area contributed by atoms with E-state index in [1.165, 1.54) is 4.90 Å². The van der Waals surface area contributed by atoms with Crippen molar-refractivity contribution in [2.45, 2.75) is 6.04 Å². The van der Waals surface area contributed by atoms with Gasteiger partial charge in [0.25, 0.3) is 0 Å². The van der Waals surface area contributed by atoms with Crippen LogP contribution in [0.5, 0.6) is 0 Å². The zero-order valence-electron chi connectivity index (χ0n) is 14.7. The molecule has 2 aromatic rings. The van der Waals surface area contributed by atoms with Crippen molar-refractivity contribution in [2.75, 3.05) is 32.8 Å². The molecule has 1 amide bonds. The molecule has 26 heavy (non-hydrogen) atoms. The number of hydrogen-bond acceptors (Lipinski definition) is 2. The van der Waals surface area contributed by atoms with Crippen LogP contribution in [-0.2, 0) is 9.53 Å². The van der Waals surface area contributed by atoms with Crippen LogP contribution in [0.3, 0.4) is 0 Å². The lowest BCUT2D eigenvalue weighted by molar-refractivity contribution is -0.909. The highest BCUT2D eigenvalue weighted by molar-refractivity contribution is 6.32. The van der Waals surface area contributed by atoms with Crippen LogP contribution >= 0.6 is 11.6 Å². The van der Waals surface area contributed by atoms with Crippen LogP contribution in [-0.4, -0.2) is 38.8 Å². The summed E-state index contributed by atoms with van der Waals surface area (Å²) in [5.74, 6) is -0.119. The van der Waals surface area contributed by atoms with Crippen LogP contribution in [0.2, 0.25) is 5.02 Å². The molecule has 1 heterocycles. The van der Waals surface area contributed by atoms with Gasteiger partial charge in [0.15, 0.2) is 0 Å². The molecule has 136 valence electrons. The summed E-state index contributed by atoms with van der Waals surface area (Å²) in [4.78, 5) is 13.9. The molecule has 2 aromatic carbocycles. The van der Waals surface area contributed by atoms with Gasteiger partial charge in [-0.2, -0.15) is 0 Å². The lowest BCUT2D eigenvalue weighted by Gasteiger charge is -2.28. The maximum atomic E-state index is 12.5. The smallest absolute Gasteiger partial charge is 0.244 e. The number of rotatable bonds is 6. The number of quaternary nitrogens is 1. The number of carbonyl (C=O) groups is 1. The molecular formula is C21H24ClN2O2+. The second kappa shape index (κ2) is 9.53. The van der Waals surface area contributed by atoms with Crippen molar-refractivity contribution in [1.82, 2.24) is 5.32 Å². The van der Waals surface area contributed by atoms with E-state index in [0.29, 0.717) is 5.02 Å². The molecule has 0 bridgehead atoms. The molecule has 2 N–H and O–H groups in total. The van der Waals surface area contributed by atoms with Crippen LogP contribution < -0.4 is 10.2 Å². The third kappa shape index (κ3) is 5.43. The predicted octanol–water partition coefficient (Wildman–Crippen LogP) is 2.13. The lowest BCUT2D eigenvalue weighted by Crippen LogP contribution is -3.14. The summed E-state index contributed by atoms with van der Waals surface area (Å²) in [5, 5.41) is 3.77. The highest BCUT2D eigenvalue weighted by atomic mass is 35.5. The highest BCUT2D eigenvalue weighted by Gasteiger charge is 2.22. The molecule has 0 spiro atoms. The summed E-state index contributed by atoms with van der Waals surface area (Å²) >= 11 is 6.14. The van der Waals surface area contributed by atoms with Gasteiger partial charge in [0.1, 0.15) is 25.7 Å². The first-order valence-corrected chi connectivity index (χ1v) is 9.29. The van der Waals surface area contributed by atoms with Crippen molar-refractivity contribution in [3.05, 3.63) is 76.8 Å². The summed E-state index contributed by atoms with van der Waals surface area (Å²) in [6.45, 7) is 4.33. The Morgan fingerprint density at radius 1 is 1.12 bits per heavy atom. The zero-order chi connectivity index (χ0) is 18.2. The van der Waals surface area contributed by atoms with E-state index in [0.717, 1.165) is 44.0 Å². The van der Waals surface area contributed by atoms with Gasteiger partial charge in [-0.15, -0.1) is 0 Å². The molecule has 0 saturated carbocycles. The summed E-state index contributed by atoms with van der Waals surface area (Å²) in [6.07, 6.45) is 3.30.